The molecule has 3 aromatic rings. The quantitative estimate of drug-likeness (QED) is 0.564. The monoisotopic (exact) mass is 385 g/mol. The van der Waals surface area contributed by atoms with Crippen molar-refractivity contribution < 1.29 is 26.3 Å². The van der Waals surface area contributed by atoms with Gasteiger partial charge in [0.1, 0.15) is 0 Å². The third kappa shape index (κ3) is 4.42. The molecule has 2 aromatic carbocycles. The van der Waals surface area contributed by atoms with Crippen molar-refractivity contribution in [3.05, 3.63) is 71.4 Å². The molecule has 0 aliphatic carbocycles. The zero-order chi connectivity index (χ0) is 19.7. The van der Waals surface area contributed by atoms with Gasteiger partial charge < -0.3 is 5.32 Å². The molecule has 0 spiro atoms. The summed E-state index contributed by atoms with van der Waals surface area (Å²) in [6, 6.07) is 9.24. The van der Waals surface area contributed by atoms with Gasteiger partial charge in [-0.2, -0.15) is 31.4 Å². The standard InChI is InChI=1S/C18H13F6N3/c19-17(20,21)13-6-4-11(5-7-13)16-12(10-26-27-16)9-25-15-3-1-2-14(8-15)18(22,23)24/h1-8,10,25H,9H2,(H,26,27). The third-order valence-corrected chi connectivity index (χ3v) is 3.88. The van der Waals surface area contributed by atoms with Crippen LogP contribution in [0.15, 0.2) is 54.7 Å². The Morgan fingerprint density at radius 1 is 0.852 bits per heavy atom. The first-order valence-corrected chi connectivity index (χ1v) is 7.76. The van der Waals surface area contributed by atoms with Crippen molar-refractivity contribution in [1.82, 2.24) is 10.2 Å². The first-order chi connectivity index (χ1) is 12.6. The molecule has 0 amide bonds. The number of rotatable bonds is 4. The summed E-state index contributed by atoms with van der Waals surface area (Å²) in [5, 5.41) is 9.51. The molecular weight excluding hydrogens is 372 g/mol. The van der Waals surface area contributed by atoms with Gasteiger partial charge >= 0.3 is 12.4 Å². The van der Waals surface area contributed by atoms with Crippen molar-refractivity contribution in [2.24, 2.45) is 0 Å². The highest BCUT2D eigenvalue weighted by Crippen LogP contribution is 2.32. The van der Waals surface area contributed by atoms with Crippen LogP contribution in [-0.4, -0.2) is 10.2 Å². The number of aromatic nitrogens is 2. The van der Waals surface area contributed by atoms with Crippen molar-refractivity contribution >= 4 is 5.69 Å². The molecule has 0 saturated heterocycles. The number of hydrogen-bond donors (Lipinski definition) is 2. The van der Waals surface area contributed by atoms with Crippen molar-refractivity contribution in [1.29, 1.82) is 0 Å². The average molecular weight is 385 g/mol. The van der Waals surface area contributed by atoms with E-state index in [1.54, 1.807) is 0 Å². The number of halogens is 6. The van der Waals surface area contributed by atoms with Crippen LogP contribution in [-0.2, 0) is 18.9 Å². The minimum Gasteiger partial charge on any atom is -0.381 e. The van der Waals surface area contributed by atoms with E-state index in [2.05, 4.69) is 15.5 Å². The lowest BCUT2D eigenvalue weighted by molar-refractivity contribution is -0.138. The number of alkyl halides is 6. The van der Waals surface area contributed by atoms with Crippen LogP contribution in [0.1, 0.15) is 16.7 Å². The van der Waals surface area contributed by atoms with Gasteiger partial charge in [0.25, 0.3) is 0 Å². The number of hydrogen-bond acceptors (Lipinski definition) is 2. The van der Waals surface area contributed by atoms with Crippen molar-refractivity contribution in [2.75, 3.05) is 5.32 Å². The van der Waals surface area contributed by atoms with E-state index in [0.717, 1.165) is 24.3 Å². The van der Waals surface area contributed by atoms with Crippen LogP contribution in [0.5, 0.6) is 0 Å². The Kier molecular flexibility index (Phi) is 4.86. The molecule has 1 aromatic heterocycles. The first kappa shape index (κ1) is 18.8. The molecule has 9 heteroatoms. The van der Waals surface area contributed by atoms with Crippen LogP contribution >= 0.6 is 0 Å². The second-order valence-electron chi connectivity index (χ2n) is 5.77. The van der Waals surface area contributed by atoms with Gasteiger partial charge in [-0.25, -0.2) is 0 Å². The van der Waals surface area contributed by atoms with E-state index in [4.69, 9.17) is 0 Å². The maximum atomic E-state index is 12.8. The van der Waals surface area contributed by atoms with E-state index in [1.165, 1.54) is 30.5 Å². The molecule has 3 nitrogen and oxygen atoms in total. The van der Waals surface area contributed by atoms with Crippen LogP contribution in [0.25, 0.3) is 11.3 Å². The average Bonchev–Trinajstić information content (AvgIpc) is 3.07. The highest BCUT2D eigenvalue weighted by molar-refractivity contribution is 5.63. The van der Waals surface area contributed by atoms with Gasteiger partial charge in [0.15, 0.2) is 0 Å². The fourth-order valence-corrected chi connectivity index (χ4v) is 2.52. The maximum Gasteiger partial charge on any atom is 0.416 e. The van der Waals surface area contributed by atoms with Crippen LogP contribution in [0.2, 0.25) is 0 Å². The number of nitrogens with zero attached hydrogens (tertiary/aromatic N) is 1. The molecule has 0 bridgehead atoms. The highest BCUT2D eigenvalue weighted by atomic mass is 19.4. The molecular formula is C18H13F6N3. The van der Waals surface area contributed by atoms with E-state index in [9.17, 15) is 26.3 Å². The molecule has 0 saturated carbocycles. The van der Waals surface area contributed by atoms with E-state index in [1.807, 2.05) is 0 Å². The topological polar surface area (TPSA) is 40.7 Å². The number of nitrogens with one attached hydrogen (secondary N) is 2. The molecule has 0 unspecified atom stereocenters. The predicted octanol–water partition coefficient (Wildman–Crippen LogP) is 5.73. The van der Waals surface area contributed by atoms with E-state index in [0.29, 0.717) is 16.8 Å². The number of benzene rings is 2. The summed E-state index contributed by atoms with van der Waals surface area (Å²) in [5.41, 5.74) is 0.206. The minimum atomic E-state index is -4.45. The molecule has 27 heavy (non-hydrogen) atoms. The normalized spacial score (nSPS) is 12.2. The molecule has 0 atom stereocenters. The lowest BCUT2D eigenvalue weighted by atomic mass is 10.1. The molecule has 0 aliphatic heterocycles. The second-order valence-corrected chi connectivity index (χ2v) is 5.77. The van der Waals surface area contributed by atoms with Crippen LogP contribution < -0.4 is 5.32 Å². The Morgan fingerprint density at radius 3 is 2.15 bits per heavy atom. The summed E-state index contributed by atoms with van der Waals surface area (Å²) in [7, 11) is 0. The Morgan fingerprint density at radius 2 is 1.52 bits per heavy atom. The molecule has 3 rings (SSSR count). The van der Waals surface area contributed by atoms with Crippen LogP contribution in [0.3, 0.4) is 0 Å². The Bertz CT molecular complexity index is 910. The zero-order valence-electron chi connectivity index (χ0n) is 13.6. The predicted molar refractivity (Wildman–Crippen MR) is 87.8 cm³/mol. The van der Waals surface area contributed by atoms with Gasteiger partial charge in [0.2, 0.25) is 0 Å². The van der Waals surface area contributed by atoms with Gasteiger partial charge in [0, 0.05) is 29.6 Å². The maximum absolute atomic E-state index is 12.8. The first-order valence-electron chi connectivity index (χ1n) is 7.76. The molecule has 2 N–H and O–H groups in total. The van der Waals surface area contributed by atoms with Gasteiger partial charge in [-0.15, -0.1) is 0 Å². The number of anilines is 1. The lowest BCUT2D eigenvalue weighted by Gasteiger charge is -2.11. The van der Waals surface area contributed by atoms with E-state index < -0.39 is 23.5 Å². The summed E-state index contributed by atoms with van der Waals surface area (Å²) in [6.07, 6.45) is -7.34. The zero-order valence-corrected chi connectivity index (χ0v) is 13.6. The second kappa shape index (κ2) is 6.98. The molecule has 1 heterocycles. The Hall–Kier alpha value is -2.97. The molecule has 0 fully saturated rings. The fourth-order valence-electron chi connectivity index (χ4n) is 2.52. The number of H-pyrrole nitrogens is 1. The highest BCUT2D eigenvalue weighted by Gasteiger charge is 2.31. The van der Waals surface area contributed by atoms with Gasteiger partial charge in [-0.3, -0.25) is 5.10 Å². The largest absolute Gasteiger partial charge is 0.416 e. The lowest BCUT2D eigenvalue weighted by Crippen LogP contribution is -2.06. The van der Waals surface area contributed by atoms with Gasteiger partial charge in [-0.05, 0) is 30.3 Å². The minimum absolute atomic E-state index is 0.147. The van der Waals surface area contributed by atoms with Crippen LogP contribution in [0, 0.1) is 0 Å². The summed E-state index contributed by atoms with van der Waals surface area (Å²) in [4.78, 5) is 0. The summed E-state index contributed by atoms with van der Waals surface area (Å²) in [5.74, 6) is 0. The Balaban J connectivity index is 1.76. The smallest absolute Gasteiger partial charge is 0.381 e. The SMILES string of the molecule is FC(F)(F)c1ccc(-c2n[nH]cc2CNc2cccc(C(F)(F)F)c2)cc1. The third-order valence-electron chi connectivity index (χ3n) is 3.88. The summed E-state index contributed by atoms with van der Waals surface area (Å²) in [6.45, 7) is 0.147. The van der Waals surface area contributed by atoms with E-state index in [-0.39, 0.29) is 12.2 Å². The van der Waals surface area contributed by atoms with Crippen molar-refractivity contribution in [3.63, 3.8) is 0 Å². The number of aromatic amines is 1. The van der Waals surface area contributed by atoms with Gasteiger partial charge in [0.05, 0.1) is 16.8 Å². The van der Waals surface area contributed by atoms with E-state index >= 15 is 0 Å². The Labute approximate surface area is 150 Å². The molecule has 142 valence electrons. The van der Waals surface area contributed by atoms with Crippen LogP contribution in [0.4, 0.5) is 32.0 Å². The molecule has 0 radical (unpaired) electrons. The van der Waals surface area contributed by atoms with Gasteiger partial charge in [-0.1, -0.05) is 18.2 Å². The summed E-state index contributed by atoms with van der Waals surface area (Å²) < 4.78 is 76.2. The summed E-state index contributed by atoms with van der Waals surface area (Å²) >= 11 is 0. The fraction of sp³-hybridized carbons (Fsp3) is 0.167. The molecule has 0 aliphatic rings. The van der Waals surface area contributed by atoms with Crippen molar-refractivity contribution in [3.8, 4) is 11.3 Å². The van der Waals surface area contributed by atoms with Crippen molar-refractivity contribution in [2.45, 2.75) is 18.9 Å².